The van der Waals surface area contributed by atoms with Crippen LogP contribution in [-0.4, -0.2) is 63.6 Å². The fraction of sp³-hybridized carbons (Fsp3) is 0.325. The molecule has 11 heteroatoms. The van der Waals surface area contributed by atoms with E-state index in [9.17, 15) is 14.4 Å². The molecule has 3 aromatic carbocycles. The summed E-state index contributed by atoms with van der Waals surface area (Å²) in [6.45, 7) is 5.04. The van der Waals surface area contributed by atoms with Gasteiger partial charge in [-0.1, -0.05) is 66.2 Å². The molecule has 1 spiro atoms. The van der Waals surface area contributed by atoms with E-state index in [1.807, 2.05) is 12.1 Å². The molecule has 0 aromatic heterocycles. The second-order valence-electron chi connectivity index (χ2n) is 13.1. The van der Waals surface area contributed by atoms with Crippen LogP contribution in [-0.2, 0) is 39.3 Å². The molecule has 1 N–H and O–H groups in total. The molecule has 6 rings (SSSR count). The molecule has 1 aliphatic carbocycles. The summed E-state index contributed by atoms with van der Waals surface area (Å²) in [6.07, 6.45) is 8.53. The summed E-state index contributed by atoms with van der Waals surface area (Å²) in [5.74, 6) is 1.85. The molecule has 0 saturated heterocycles. The van der Waals surface area contributed by atoms with E-state index < -0.39 is 18.3 Å². The lowest BCUT2D eigenvalue weighted by Crippen LogP contribution is -2.50. The quantitative estimate of drug-likeness (QED) is 0.0686. The monoisotopic (exact) mass is 688 g/mol. The Hall–Kier alpha value is -5.29. The summed E-state index contributed by atoms with van der Waals surface area (Å²) in [4.78, 5) is 41.0. The number of carbonyl (C=O) groups excluding carboxylic acids is 3. The highest BCUT2D eigenvalue weighted by Gasteiger charge is 2.54. The number of ketones is 1. The first-order valence-electron chi connectivity index (χ1n) is 16.9. The van der Waals surface area contributed by atoms with Crippen molar-refractivity contribution < 1.29 is 38.1 Å². The Morgan fingerprint density at radius 3 is 2.65 bits per heavy atom. The third-order valence-corrected chi connectivity index (χ3v) is 9.60. The number of amides is 1. The maximum atomic E-state index is 13.7. The van der Waals surface area contributed by atoms with Gasteiger partial charge in [-0.25, -0.2) is 9.59 Å². The molecular formula is C40H41BN2O8. The third kappa shape index (κ3) is 7.89. The van der Waals surface area contributed by atoms with E-state index in [1.165, 1.54) is 17.2 Å². The molecule has 3 aromatic rings. The minimum atomic E-state index is -0.920. The van der Waals surface area contributed by atoms with E-state index in [0.717, 1.165) is 30.2 Å². The lowest BCUT2D eigenvalue weighted by molar-refractivity contribution is -0.116. The standard InChI is InChI=1S/C40H41BN2O8/c1-5-25(2)49-38(45)42-32(20-26-10-14-30(15-11-26)50-39(46)48-23-29-8-6-7-9-31(29)41)33(44)16-12-27-18-19-40-24-43(3)22-28-13-17-34(47-4)37(36(28)40)51-35(40)21-27/h5-19,27,32,35H,20-24H2,1-4H3,(H,42,45)/b16-12-,25-5+/t27-,32-,35-,40-/m0/s1. The van der Waals surface area contributed by atoms with Crippen LogP contribution in [0.4, 0.5) is 9.59 Å². The van der Waals surface area contributed by atoms with Crippen LogP contribution in [0.1, 0.15) is 42.5 Å². The van der Waals surface area contributed by atoms with Crippen molar-refractivity contribution in [1.29, 1.82) is 0 Å². The number of benzene rings is 3. The van der Waals surface area contributed by atoms with E-state index in [2.05, 4.69) is 35.5 Å². The maximum absolute atomic E-state index is 13.7. The van der Waals surface area contributed by atoms with E-state index in [4.69, 9.17) is 31.5 Å². The van der Waals surface area contributed by atoms with Gasteiger partial charge in [-0.15, -0.1) is 0 Å². The fourth-order valence-electron chi connectivity index (χ4n) is 6.96. The highest BCUT2D eigenvalue weighted by molar-refractivity contribution is 6.33. The molecule has 2 radical (unpaired) electrons. The van der Waals surface area contributed by atoms with Crippen molar-refractivity contribution in [3.8, 4) is 17.2 Å². The molecule has 0 bridgehead atoms. The number of allylic oxidation sites excluding steroid dienone is 4. The number of carbonyl (C=O) groups is 3. The second kappa shape index (κ2) is 15.3. The molecule has 0 unspecified atom stereocenters. The van der Waals surface area contributed by atoms with Crippen LogP contribution in [0.5, 0.6) is 17.2 Å². The van der Waals surface area contributed by atoms with Gasteiger partial charge in [0.1, 0.15) is 32.1 Å². The smallest absolute Gasteiger partial charge is 0.493 e. The highest BCUT2D eigenvalue weighted by atomic mass is 16.7. The van der Waals surface area contributed by atoms with Gasteiger partial charge >= 0.3 is 12.2 Å². The van der Waals surface area contributed by atoms with Gasteiger partial charge in [0, 0.05) is 25.1 Å². The summed E-state index contributed by atoms with van der Waals surface area (Å²) in [5, 5.41) is 2.72. The number of hydrogen-bond acceptors (Lipinski definition) is 9. The van der Waals surface area contributed by atoms with E-state index >= 15 is 0 Å². The number of likely N-dealkylation sites (N-methyl/N-ethyl adjacent to an activating group) is 1. The number of nitrogens with one attached hydrogen (secondary N) is 1. The minimum Gasteiger partial charge on any atom is -0.493 e. The van der Waals surface area contributed by atoms with Crippen molar-refractivity contribution in [2.45, 2.75) is 57.4 Å². The first-order chi connectivity index (χ1) is 24.6. The number of alkyl carbamates (subject to hydrolysis) is 1. The van der Waals surface area contributed by atoms with E-state index in [-0.39, 0.29) is 42.0 Å². The van der Waals surface area contributed by atoms with Crippen LogP contribution in [0.25, 0.3) is 0 Å². The van der Waals surface area contributed by atoms with Gasteiger partial charge in [0.15, 0.2) is 17.3 Å². The van der Waals surface area contributed by atoms with Gasteiger partial charge in [-0.05, 0) is 80.3 Å². The Kier molecular flexibility index (Phi) is 10.7. The van der Waals surface area contributed by atoms with Gasteiger partial charge in [0.05, 0.1) is 18.6 Å². The number of rotatable bonds is 11. The average molecular weight is 689 g/mol. The summed E-state index contributed by atoms with van der Waals surface area (Å²) < 4.78 is 28.0. The summed E-state index contributed by atoms with van der Waals surface area (Å²) in [5.41, 5.74) is 4.05. The molecule has 3 aliphatic rings. The molecule has 51 heavy (non-hydrogen) atoms. The van der Waals surface area contributed by atoms with Crippen LogP contribution in [0.2, 0.25) is 0 Å². The van der Waals surface area contributed by atoms with Crippen LogP contribution in [0.3, 0.4) is 0 Å². The Labute approximate surface area is 299 Å². The topological polar surface area (TPSA) is 113 Å². The van der Waals surface area contributed by atoms with Gasteiger partial charge in [0.25, 0.3) is 0 Å². The SMILES string of the molecule is [B]c1ccccc1COC(=O)Oc1ccc(C[C@H](NC(=O)O/C(C)=C/C)C(=O)/C=C\[C@H]2C=C[C@@]34CN(C)Cc5ccc(OC)c(c53)O[C@H]4C2)cc1. The Bertz CT molecular complexity index is 1890. The molecular weight excluding hydrogens is 647 g/mol. The lowest BCUT2D eigenvalue weighted by Gasteiger charge is -2.42. The van der Waals surface area contributed by atoms with Gasteiger partial charge in [-0.3, -0.25) is 4.79 Å². The zero-order chi connectivity index (χ0) is 36.1. The van der Waals surface area contributed by atoms with Crippen LogP contribution >= 0.6 is 0 Å². The van der Waals surface area contributed by atoms with Gasteiger partial charge < -0.3 is 33.9 Å². The summed E-state index contributed by atoms with van der Waals surface area (Å²) >= 11 is 0. The van der Waals surface area contributed by atoms with E-state index in [0.29, 0.717) is 23.2 Å². The largest absolute Gasteiger partial charge is 0.514 e. The van der Waals surface area contributed by atoms with Crippen molar-refractivity contribution in [1.82, 2.24) is 10.2 Å². The van der Waals surface area contributed by atoms with Gasteiger partial charge in [0.2, 0.25) is 0 Å². The molecule has 1 amide bonds. The van der Waals surface area contributed by atoms with Crippen LogP contribution < -0.4 is 25.0 Å². The van der Waals surface area contributed by atoms with Crippen molar-refractivity contribution >= 4 is 31.3 Å². The number of methoxy groups -OCH3 is 1. The second-order valence-corrected chi connectivity index (χ2v) is 13.1. The van der Waals surface area contributed by atoms with Crippen LogP contribution in [0, 0.1) is 5.92 Å². The molecule has 2 heterocycles. The first-order valence-corrected chi connectivity index (χ1v) is 16.9. The molecule has 0 saturated carbocycles. The summed E-state index contributed by atoms with van der Waals surface area (Å²) in [6, 6.07) is 16.9. The molecule has 262 valence electrons. The molecule has 4 atom stereocenters. The van der Waals surface area contributed by atoms with Crippen molar-refractivity contribution in [2.75, 3.05) is 20.7 Å². The zero-order valence-electron chi connectivity index (χ0n) is 29.2. The first kappa shape index (κ1) is 35.5. The average Bonchev–Trinajstić information content (AvgIpc) is 3.45. The van der Waals surface area contributed by atoms with Crippen molar-refractivity contribution in [3.05, 3.63) is 119 Å². The zero-order valence-corrected chi connectivity index (χ0v) is 29.2. The summed E-state index contributed by atoms with van der Waals surface area (Å²) in [7, 11) is 9.68. The normalized spacial score (nSPS) is 21.2. The Morgan fingerprint density at radius 2 is 1.90 bits per heavy atom. The van der Waals surface area contributed by atoms with Crippen molar-refractivity contribution in [3.63, 3.8) is 0 Å². The van der Waals surface area contributed by atoms with Crippen LogP contribution in [0.15, 0.2) is 96.8 Å². The third-order valence-electron chi connectivity index (χ3n) is 9.60. The lowest BCUT2D eigenvalue weighted by atomic mass is 9.67. The Morgan fingerprint density at radius 1 is 1.12 bits per heavy atom. The molecule has 0 fully saturated rings. The number of hydrogen-bond donors (Lipinski definition) is 1. The number of nitrogens with zero attached hydrogens (tertiary/aromatic N) is 1. The predicted octanol–water partition coefficient (Wildman–Crippen LogP) is 5.61. The van der Waals surface area contributed by atoms with Gasteiger partial charge in [-0.2, -0.15) is 0 Å². The maximum Gasteiger partial charge on any atom is 0.514 e. The fourth-order valence-corrected chi connectivity index (χ4v) is 6.96. The highest BCUT2D eigenvalue weighted by Crippen LogP contribution is 2.55. The number of ether oxygens (including phenoxy) is 5. The van der Waals surface area contributed by atoms with Crippen molar-refractivity contribution in [2.24, 2.45) is 5.92 Å². The predicted molar refractivity (Wildman–Crippen MR) is 192 cm³/mol. The molecule has 2 aliphatic heterocycles. The van der Waals surface area contributed by atoms with E-state index in [1.54, 1.807) is 75.6 Å². The minimum absolute atomic E-state index is 0.0266. The Balaban J connectivity index is 1.12. The molecule has 10 nitrogen and oxygen atoms in total.